The van der Waals surface area contributed by atoms with Gasteiger partial charge in [0.25, 0.3) is 0 Å². The number of rotatable bonds is 4. The van der Waals surface area contributed by atoms with Gasteiger partial charge in [0, 0.05) is 11.8 Å². The lowest BCUT2D eigenvalue weighted by Crippen LogP contribution is -2.00. The second kappa shape index (κ2) is 9.87. The van der Waals surface area contributed by atoms with Crippen LogP contribution in [0.15, 0.2) is 48.5 Å². The average Bonchev–Trinajstić information content (AvgIpc) is 2.61. The van der Waals surface area contributed by atoms with Gasteiger partial charge in [-0.1, -0.05) is 24.3 Å². The smallest absolute Gasteiger partial charge is 0.337 e. The molecule has 2 rings (SSSR count). The zero-order valence-corrected chi connectivity index (χ0v) is 14.0. The van der Waals surface area contributed by atoms with Gasteiger partial charge >= 0.3 is 11.9 Å². The summed E-state index contributed by atoms with van der Waals surface area (Å²) in [6.07, 6.45) is 0. The summed E-state index contributed by atoms with van der Waals surface area (Å²) in [6.45, 7) is 0. The number of carboxylic acid groups (broad SMARTS) is 1. The Morgan fingerprint density at radius 1 is 0.870 bits per heavy atom. The van der Waals surface area contributed by atoms with Crippen molar-refractivity contribution in [2.24, 2.45) is 0 Å². The third-order valence-electron chi connectivity index (χ3n) is 2.88. The second-order valence-corrected chi connectivity index (χ2v) is 4.99. The molecule has 0 amide bonds. The van der Waals surface area contributed by atoms with E-state index in [1.54, 1.807) is 48.5 Å². The van der Waals surface area contributed by atoms with Crippen molar-refractivity contribution in [1.82, 2.24) is 0 Å². The van der Waals surface area contributed by atoms with Gasteiger partial charge < -0.3 is 9.84 Å². The molecule has 4 nitrogen and oxygen atoms in total. The fourth-order valence-corrected chi connectivity index (χ4v) is 1.94. The molecule has 0 saturated heterocycles. The van der Waals surface area contributed by atoms with Crippen molar-refractivity contribution >= 4 is 35.1 Å². The zero-order valence-electron chi connectivity index (χ0n) is 12.5. The van der Waals surface area contributed by atoms with Crippen molar-refractivity contribution in [2.45, 2.75) is 11.8 Å². The molecule has 0 saturated carbocycles. The minimum Gasteiger partial charge on any atom is -0.478 e. The first-order valence-electron chi connectivity index (χ1n) is 6.63. The monoisotopic (exact) mass is 354 g/mol. The Hall–Kier alpha value is -2.04. The van der Waals surface area contributed by atoms with E-state index in [1.807, 2.05) is 0 Å². The molecule has 6 heteroatoms. The number of aromatic carboxylic acids is 1. The van der Waals surface area contributed by atoms with Crippen molar-refractivity contribution in [3.63, 3.8) is 0 Å². The van der Waals surface area contributed by atoms with Gasteiger partial charge in [0.1, 0.15) is 0 Å². The van der Waals surface area contributed by atoms with E-state index in [0.717, 1.165) is 11.1 Å². The fourth-order valence-electron chi connectivity index (χ4n) is 1.58. The highest BCUT2D eigenvalue weighted by atomic mass is 35.5. The van der Waals surface area contributed by atoms with Crippen LogP contribution in [-0.2, 0) is 16.5 Å². The van der Waals surface area contributed by atoms with Gasteiger partial charge in [-0.3, -0.25) is 0 Å². The first-order chi connectivity index (χ1) is 11.0. The van der Waals surface area contributed by atoms with Gasteiger partial charge in [0.05, 0.1) is 18.2 Å². The molecule has 0 heterocycles. The molecule has 122 valence electrons. The number of ether oxygens (including phenoxy) is 1. The minimum absolute atomic E-state index is 0.291. The highest BCUT2D eigenvalue weighted by Gasteiger charge is 2.03. The van der Waals surface area contributed by atoms with Gasteiger partial charge in [0.2, 0.25) is 0 Å². The highest BCUT2D eigenvalue weighted by Crippen LogP contribution is 2.07. The first-order valence-corrected chi connectivity index (χ1v) is 7.70. The maximum absolute atomic E-state index is 11.0. The van der Waals surface area contributed by atoms with E-state index in [2.05, 4.69) is 4.74 Å². The lowest BCUT2D eigenvalue weighted by atomic mass is 10.1. The molecule has 0 aliphatic rings. The van der Waals surface area contributed by atoms with Crippen LogP contribution in [0.1, 0.15) is 31.8 Å². The molecule has 0 bridgehead atoms. The number of carbonyl (C=O) groups is 2. The van der Waals surface area contributed by atoms with E-state index in [0.29, 0.717) is 22.9 Å². The molecule has 0 aliphatic carbocycles. The molecule has 23 heavy (non-hydrogen) atoms. The minimum atomic E-state index is -0.911. The van der Waals surface area contributed by atoms with E-state index in [1.165, 1.54) is 7.11 Å². The molecule has 0 aromatic heterocycles. The summed E-state index contributed by atoms with van der Waals surface area (Å²) in [5.74, 6) is -0.358. The standard InChI is InChI=1S/C9H9ClO2.C8H7ClO2/c1-12-9(11)8-4-2-7(6-10)3-5-8;9-5-6-1-3-7(4-2-6)8(10)11/h2-5H,6H2,1H3;1-4H,5H2,(H,10,11). The van der Waals surface area contributed by atoms with Crippen LogP contribution in [-0.4, -0.2) is 24.2 Å². The number of benzene rings is 2. The average molecular weight is 355 g/mol. The summed E-state index contributed by atoms with van der Waals surface area (Å²) in [4.78, 5) is 21.3. The Morgan fingerprint density at radius 2 is 1.26 bits per heavy atom. The van der Waals surface area contributed by atoms with Gasteiger partial charge in [-0.25, -0.2) is 9.59 Å². The Bertz CT molecular complexity index is 637. The van der Waals surface area contributed by atoms with E-state index in [-0.39, 0.29) is 5.97 Å². The second-order valence-electron chi connectivity index (χ2n) is 4.46. The first kappa shape index (κ1) is 19.0. The Morgan fingerprint density at radius 3 is 1.57 bits per heavy atom. The number of methoxy groups -OCH3 is 1. The van der Waals surface area contributed by atoms with E-state index in [9.17, 15) is 9.59 Å². The SMILES string of the molecule is COC(=O)c1ccc(CCl)cc1.O=C(O)c1ccc(CCl)cc1. The maximum atomic E-state index is 11.0. The summed E-state index contributed by atoms with van der Waals surface area (Å²) >= 11 is 11.1. The molecule has 0 atom stereocenters. The summed E-state index contributed by atoms with van der Waals surface area (Å²) in [5.41, 5.74) is 2.76. The van der Waals surface area contributed by atoms with Crippen LogP contribution in [0.2, 0.25) is 0 Å². The summed E-state index contributed by atoms with van der Waals surface area (Å²) in [6, 6.07) is 13.5. The molecule has 0 aliphatic heterocycles. The number of alkyl halides is 2. The summed E-state index contributed by atoms with van der Waals surface area (Å²) in [5, 5.41) is 8.52. The third-order valence-corrected chi connectivity index (χ3v) is 3.50. The van der Waals surface area contributed by atoms with Crippen LogP contribution in [0, 0.1) is 0 Å². The molecule has 0 unspecified atom stereocenters. The third kappa shape index (κ3) is 6.30. The van der Waals surface area contributed by atoms with Crippen LogP contribution in [0.5, 0.6) is 0 Å². The molecule has 0 radical (unpaired) electrons. The predicted molar refractivity (Wildman–Crippen MR) is 90.3 cm³/mol. The van der Waals surface area contributed by atoms with E-state index < -0.39 is 5.97 Å². The summed E-state index contributed by atoms with van der Waals surface area (Å²) < 4.78 is 4.54. The predicted octanol–water partition coefficient (Wildman–Crippen LogP) is 4.34. The molecule has 0 spiro atoms. The van der Waals surface area contributed by atoms with Crippen molar-refractivity contribution in [3.05, 3.63) is 70.8 Å². The largest absolute Gasteiger partial charge is 0.478 e. The molecule has 0 fully saturated rings. The number of carbonyl (C=O) groups excluding carboxylic acids is 1. The van der Waals surface area contributed by atoms with Crippen LogP contribution < -0.4 is 0 Å². The molecule has 2 aromatic carbocycles. The normalized spacial score (nSPS) is 9.52. The van der Waals surface area contributed by atoms with Gasteiger partial charge in [0.15, 0.2) is 0 Å². The number of halogens is 2. The Balaban J connectivity index is 0.000000231. The molecular formula is C17H16Cl2O4. The van der Waals surface area contributed by atoms with E-state index in [4.69, 9.17) is 28.3 Å². The van der Waals surface area contributed by atoms with Crippen LogP contribution in [0.25, 0.3) is 0 Å². The van der Waals surface area contributed by atoms with Gasteiger partial charge in [-0.2, -0.15) is 0 Å². The van der Waals surface area contributed by atoms with Crippen LogP contribution >= 0.6 is 23.2 Å². The molecule has 1 N–H and O–H groups in total. The van der Waals surface area contributed by atoms with Crippen molar-refractivity contribution in [2.75, 3.05) is 7.11 Å². The van der Waals surface area contributed by atoms with Crippen LogP contribution in [0.3, 0.4) is 0 Å². The number of esters is 1. The number of hydrogen-bond donors (Lipinski definition) is 1. The quantitative estimate of drug-likeness (QED) is 0.655. The van der Waals surface area contributed by atoms with Gasteiger partial charge in [-0.15, -0.1) is 23.2 Å². The topological polar surface area (TPSA) is 63.6 Å². The fraction of sp³-hybridized carbons (Fsp3) is 0.176. The van der Waals surface area contributed by atoms with Crippen molar-refractivity contribution < 1.29 is 19.4 Å². The lowest BCUT2D eigenvalue weighted by Gasteiger charge is -1.99. The van der Waals surface area contributed by atoms with E-state index >= 15 is 0 Å². The molecular weight excluding hydrogens is 339 g/mol. The Kier molecular flexibility index (Phi) is 8.16. The van der Waals surface area contributed by atoms with Crippen molar-refractivity contribution in [3.8, 4) is 0 Å². The highest BCUT2D eigenvalue weighted by molar-refractivity contribution is 6.17. The maximum Gasteiger partial charge on any atom is 0.337 e. The van der Waals surface area contributed by atoms with Crippen molar-refractivity contribution in [1.29, 1.82) is 0 Å². The molecule has 2 aromatic rings. The van der Waals surface area contributed by atoms with Gasteiger partial charge in [-0.05, 0) is 35.4 Å². The Labute approximate surface area is 144 Å². The number of hydrogen-bond acceptors (Lipinski definition) is 3. The summed E-state index contributed by atoms with van der Waals surface area (Å²) in [7, 11) is 1.36. The lowest BCUT2D eigenvalue weighted by molar-refractivity contribution is 0.0599. The van der Waals surface area contributed by atoms with Crippen LogP contribution in [0.4, 0.5) is 0 Å². The number of carboxylic acids is 1. The zero-order chi connectivity index (χ0) is 17.2.